The summed E-state index contributed by atoms with van der Waals surface area (Å²) in [4.78, 5) is 15.2. The molecular formula is C24H34ClN3O. The van der Waals surface area contributed by atoms with Crippen molar-refractivity contribution in [2.75, 3.05) is 0 Å². The number of hydrogen-bond acceptors (Lipinski definition) is 1. The molecule has 4 nitrogen and oxygen atoms in total. The zero-order chi connectivity index (χ0) is 20.8. The normalized spacial score (nSPS) is 16.0. The second-order valence-corrected chi connectivity index (χ2v) is 9.09. The van der Waals surface area contributed by atoms with Crippen molar-refractivity contribution in [3.63, 3.8) is 0 Å². The Morgan fingerprint density at radius 1 is 1.17 bits per heavy atom. The van der Waals surface area contributed by atoms with Crippen LogP contribution in [0.2, 0.25) is 5.02 Å². The summed E-state index contributed by atoms with van der Waals surface area (Å²) in [5, 5.41) is 4.05. The van der Waals surface area contributed by atoms with Crippen molar-refractivity contribution in [3.05, 3.63) is 58.9 Å². The van der Waals surface area contributed by atoms with Gasteiger partial charge in [0, 0.05) is 35.5 Å². The fraction of sp³-hybridized carbons (Fsp3) is 0.542. The first-order valence-corrected chi connectivity index (χ1v) is 11.3. The molecule has 3 rings (SSSR count). The molecule has 0 radical (unpaired) electrons. The first kappa shape index (κ1) is 21.8. The maximum Gasteiger partial charge on any atom is 0.318 e. The van der Waals surface area contributed by atoms with E-state index in [2.05, 4.69) is 55.1 Å². The SMILES string of the molecule is CC(C)[C@H](C)N(Cc1cccn1Cc1cccc(Cl)c1)C(=O)NC1CCCCC1. The monoisotopic (exact) mass is 415 g/mol. The Kier molecular flexibility index (Phi) is 7.65. The first-order chi connectivity index (χ1) is 13.9. The van der Waals surface area contributed by atoms with Gasteiger partial charge in [0.15, 0.2) is 0 Å². The van der Waals surface area contributed by atoms with Gasteiger partial charge in [0.1, 0.15) is 0 Å². The lowest BCUT2D eigenvalue weighted by molar-refractivity contribution is 0.150. The summed E-state index contributed by atoms with van der Waals surface area (Å²) in [6.07, 6.45) is 7.99. The van der Waals surface area contributed by atoms with Crippen LogP contribution < -0.4 is 5.32 Å². The summed E-state index contributed by atoms with van der Waals surface area (Å²) in [6.45, 7) is 7.85. The Morgan fingerprint density at radius 3 is 2.62 bits per heavy atom. The van der Waals surface area contributed by atoms with E-state index < -0.39 is 0 Å². The second kappa shape index (κ2) is 10.2. The summed E-state index contributed by atoms with van der Waals surface area (Å²) in [7, 11) is 0. The predicted molar refractivity (Wildman–Crippen MR) is 120 cm³/mol. The van der Waals surface area contributed by atoms with Gasteiger partial charge in [-0.05, 0) is 55.5 Å². The number of halogens is 1. The minimum atomic E-state index is 0.0635. The third-order valence-electron chi connectivity index (χ3n) is 6.15. The van der Waals surface area contributed by atoms with Crippen LogP contribution in [-0.2, 0) is 13.1 Å². The van der Waals surface area contributed by atoms with E-state index in [4.69, 9.17) is 11.6 Å². The number of carbonyl (C=O) groups excluding carboxylic acids is 1. The molecule has 1 aromatic heterocycles. The molecule has 1 saturated carbocycles. The fourth-order valence-corrected chi connectivity index (χ4v) is 4.23. The highest BCUT2D eigenvalue weighted by Gasteiger charge is 2.26. The number of nitrogens with one attached hydrogen (secondary N) is 1. The molecule has 1 aliphatic carbocycles. The van der Waals surface area contributed by atoms with Gasteiger partial charge >= 0.3 is 6.03 Å². The average Bonchev–Trinajstić information content (AvgIpc) is 3.13. The number of urea groups is 1. The third-order valence-corrected chi connectivity index (χ3v) is 6.38. The highest BCUT2D eigenvalue weighted by Crippen LogP contribution is 2.21. The van der Waals surface area contributed by atoms with E-state index >= 15 is 0 Å². The van der Waals surface area contributed by atoms with Crippen molar-refractivity contribution in [1.29, 1.82) is 0 Å². The molecule has 1 aliphatic rings. The topological polar surface area (TPSA) is 37.3 Å². The Bertz CT molecular complexity index is 795. The Balaban J connectivity index is 1.74. The van der Waals surface area contributed by atoms with E-state index in [-0.39, 0.29) is 12.1 Å². The lowest BCUT2D eigenvalue weighted by Crippen LogP contribution is -2.50. The number of hydrogen-bond donors (Lipinski definition) is 1. The molecule has 1 atom stereocenters. The number of carbonyl (C=O) groups is 1. The van der Waals surface area contributed by atoms with Gasteiger partial charge in [-0.15, -0.1) is 0 Å². The van der Waals surface area contributed by atoms with Crippen molar-refractivity contribution in [3.8, 4) is 0 Å². The quantitative estimate of drug-likeness (QED) is 0.584. The van der Waals surface area contributed by atoms with Crippen molar-refractivity contribution in [2.45, 2.75) is 78.0 Å². The van der Waals surface area contributed by atoms with Gasteiger partial charge in [0.05, 0.1) is 6.54 Å². The average molecular weight is 416 g/mol. The van der Waals surface area contributed by atoms with Gasteiger partial charge in [-0.25, -0.2) is 4.79 Å². The maximum atomic E-state index is 13.2. The molecule has 29 heavy (non-hydrogen) atoms. The highest BCUT2D eigenvalue weighted by molar-refractivity contribution is 6.30. The molecule has 1 aromatic carbocycles. The van der Waals surface area contributed by atoms with Crippen molar-refractivity contribution < 1.29 is 4.79 Å². The molecule has 0 unspecified atom stereocenters. The van der Waals surface area contributed by atoms with E-state index in [1.165, 1.54) is 19.3 Å². The van der Waals surface area contributed by atoms with Crippen molar-refractivity contribution >= 4 is 17.6 Å². The Morgan fingerprint density at radius 2 is 1.93 bits per heavy atom. The van der Waals surface area contributed by atoms with E-state index in [0.717, 1.165) is 35.7 Å². The first-order valence-electron chi connectivity index (χ1n) is 10.9. The van der Waals surface area contributed by atoms with Crippen LogP contribution in [-0.4, -0.2) is 27.6 Å². The van der Waals surface area contributed by atoms with Crippen LogP contribution in [0.5, 0.6) is 0 Å². The van der Waals surface area contributed by atoms with Crippen molar-refractivity contribution in [1.82, 2.24) is 14.8 Å². The van der Waals surface area contributed by atoms with Crippen LogP contribution in [0.4, 0.5) is 4.79 Å². The van der Waals surface area contributed by atoms with E-state index in [1.54, 1.807) is 0 Å². The predicted octanol–water partition coefficient (Wildman–Crippen LogP) is 6.08. The molecule has 0 aliphatic heterocycles. The van der Waals surface area contributed by atoms with Crippen molar-refractivity contribution in [2.24, 2.45) is 5.92 Å². The van der Waals surface area contributed by atoms with Crippen LogP contribution in [0, 0.1) is 5.92 Å². The smallest absolute Gasteiger partial charge is 0.318 e. The standard InChI is InChI=1S/C24H34ClN3O/c1-18(2)19(3)28(24(29)26-22-11-5-4-6-12-22)17-23-13-8-14-27(23)16-20-9-7-10-21(25)15-20/h7-10,13-15,18-19,22H,4-6,11-12,16-17H2,1-3H3,(H,26,29)/t19-/m0/s1. The van der Waals surface area contributed by atoms with Crippen LogP contribution in [0.25, 0.3) is 0 Å². The summed E-state index contributed by atoms with van der Waals surface area (Å²) in [6, 6.07) is 12.7. The molecule has 1 heterocycles. The molecule has 0 bridgehead atoms. The van der Waals surface area contributed by atoms with Gasteiger partial charge in [0.2, 0.25) is 0 Å². The fourth-order valence-electron chi connectivity index (χ4n) is 4.02. The maximum absolute atomic E-state index is 13.2. The zero-order valence-electron chi connectivity index (χ0n) is 17.9. The molecular weight excluding hydrogens is 382 g/mol. The highest BCUT2D eigenvalue weighted by atomic mass is 35.5. The summed E-state index contributed by atoms with van der Waals surface area (Å²) in [5.41, 5.74) is 2.29. The van der Waals surface area contributed by atoms with Crippen LogP contribution >= 0.6 is 11.6 Å². The molecule has 2 amide bonds. The summed E-state index contributed by atoms with van der Waals surface area (Å²) < 4.78 is 2.21. The molecule has 0 saturated heterocycles. The number of nitrogens with zero attached hydrogens (tertiary/aromatic N) is 2. The molecule has 2 aromatic rings. The van der Waals surface area contributed by atoms with Crippen LogP contribution in [0.1, 0.15) is 64.1 Å². The molecule has 1 fully saturated rings. The zero-order valence-corrected chi connectivity index (χ0v) is 18.7. The minimum Gasteiger partial charge on any atom is -0.345 e. The number of aromatic nitrogens is 1. The molecule has 158 valence electrons. The number of rotatable bonds is 7. The lowest BCUT2D eigenvalue weighted by atomic mass is 9.95. The van der Waals surface area contributed by atoms with E-state index in [1.807, 2.05) is 23.1 Å². The van der Waals surface area contributed by atoms with Crippen LogP contribution in [0.15, 0.2) is 42.6 Å². The van der Waals surface area contributed by atoms with Gasteiger partial charge in [-0.1, -0.05) is 56.8 Å². The molecule has 1 N–H and O–H groups in total. The molecule has 5 heteroatoms. The van der Waals surface area contributed by atoms with E-state index in [9.17, 15) is 4.79 Å². The van der Waals surface area contributed by atoms with Gasteiger partial charge in [-0.3, -0.25) is 0 Å². The van der Waals surface area contributed by atoms with Gasteiger partial charge in [0.25, 0.3) is 0 Å². The summed E-state index contributed by atoms with van der Waals surface area (Å²) >= 11 is 6.15. The lowest BCUT2D eigenvalue weighted by Gasteiger charge is -2.34. The molecule has 0 spiro atoms. The third kappa shape index (κ3) is 6.02. The number of amides is 2. The minimum absolute atomic E-state index is 0.0635. The van der Waals surface area contributed by atoms with E-state index in [0.29, 0.717) is 18.5 Å². The summed E-state index contributed by atoms with van der Waals surface area (Å²) in [5.74, 6) is 0.392. The second-order valence-electron chi connectivity index (χ2n) is 8.65. The van der Waals surface area contributed by atoms with Gasteiger partial charge in [-0.2, -0.15) is 0 Å². The van der Waals surface area contributed by atoms with Gasteiger partial charge < -0.3 is 14.8 Å². The number of benzene rings is 1. The largest absolute Gasteiger partial charge is 0.345 e. The van der Waals surface area contributed by atoms with Crippen LogP contribution in [0.3, 0.4) is 0 Å². The Hall–Kier alpha value is -1.94. The Labute approximate surface area is 180 Å².